The van der Waals surface area contributed by atoms with E-state index >= 15 is 0 Å². The highest BCUT2D eigenvalue weighted by molar-refractivity contribution is 5.98. The van der Waals surface area contributed by atoms with Crippen LogP contribution in [0.4, 0.5) is 0 Å². The van der Waals surface area contributed by atoms with Crippen LogP contribution in [0.2, 0.25) is 0 Å². The summed E-state index contributed by atoms with van der Waals surface area (Å²) < 4.78 is 5.30. The van der Waals surface area contributed by atoms with Crippen LogP contribution in [0.15, 0.2) is 41.8 Å². The van der Waals surface area contributed by atoms with Crippen LogP contribution in [-0.4, -0.2) is 161 Å². The van der Waals surface area contributed by atoms with Gasteiger partial charge in [0.05, 0.1) is 20.0 Å². The van der Waals surface area contributed by atoms with Crippen LogP contribution in [0.5, 0.6) is 5.75 Å². The number of aliphatic carboxylic acids is 1. The first-order valence-corrected chi connectivity index (χ1v) is 23.1. The highest BCUT2D eigenvalue weighted by Gasteiger charge is 2.41. The number of aromatic nitrogens is 2. The highest BCUT2D eigenvalue weighted by Crippen LogP contribution is 2.21. The molecule has 1 aromatic heterocycles. The molecule has 0 aliphatic carbocycles. The number of carboxylic acids is 1. The zero-order valence-corrected chi connectivity index (χ0v) is 40.2. The minimum absolute atomic E-state index is 0.0664. The van der Waals surface area contributed by atoms with Crippen molar-refractivity contribution in [1.82, 2.24) is 52.1 Å². The Kier molecular flexibility index (Phi) is 23.3. The number of carbonyl (C=O) groups excluding carboxylic acids is 7. The third-order valence-electron chi connectivity index (χ3n) is 11.7. The summed E-state index contributed by atoms with van der Waals surface area (Å²) in [7, 11) is 3.07. The third kappa shape index (κ3) is 18.0. The number of aromatic amines is 1. The number of imidazole rings is 1. The number of nitrogens with one attached hydrogen (secondary N) is 8. The topological polar surface area (TPSA) is 367 Å². The smallest absolute Gasteiger partial charge is 0.326 e. The molecule has 0 saturated carbocycles. The molecule has 0 spiro atoms. The Morgan fingerprint density at radius 1 is 0.855 bits per heavy atom. The summed E-state index contributed by atoms with van der Waals surface area (Å²) in [6.07, 6.45) is 3.93. The maximum atomic E-state index is 14.5. The Labute approximate surface area is 401 Å². The van der Waals surface area contributed by atoms with Crippen LogP contribution in [0, 0.1) is 11.8 Å². The van der Waals surface area contributed by atoms with Gasteiger partial charge in [0.15, 0.2) is 5.96 Å². The van der Waals surface area contributed by atoms with E-state index in [-0.39, 0.29) is 57.7 Å². The Bertz CT molecular complexity index is 2050. The minimum atomic E-state index is -1.39. The van der Waals surface area contributed by atoms with E-state index < -0.39 is 108 Å². The second kappa shape index (κ2) is 28.5. The van der Waals surface area contributed by atoms with Gasteiger partial charge in [-0.2, -0.15) is 0 Å². The van der Waals surface area contributed by atoms with E-state index in [0.717, 1.165) is 0 Å². The van der Waals surface area contributed by atoms with Crippen molar-refractivity contribution in [2.45, 2.75) is 121 Å². The fraction of sp³-hybridized carbons (Fsp3) is 0.600. The number of aliphatic hydroxyl groups is 1. The fourth-order valence-electron chi connectivity index (χ4n) is 7.63. The highest BCUT2D eigenvalue weighted by atomic mass is 16.5. The number of hydrogen-bond acceptors (Lipinski definition) is 13. The number of likely N-dealkylation sites (tertiary alicyclic amines) is 1. The second-order valence-electron chi connectivity index (χ2n) is 17.3. The Balaban J connectivity index is 1.93. The van der Waals surface area contributed by atoms with Crippen molar-refractivity contribution < 1.29 is 53.3 Å². The number of nitrogens with zero attached hydrogens (tertiary/aromatic N) is 3. The van der Waals surface area contributed by atoms with Gasteiger partial charge in [-0.15, -0.1) is 0 Å². The molecule has 0 bridgehead atoms. The van der Waals surface area contributed by atoms with E-state index in [1.165, 1.54) is 24.5 Å². The SMILES string of the molecule is CC[C@H](C)[C@H](NC(=O)[C@H](Cc1ccc(OC)cc1)NC(=O)[C@@H](NC(=O)[C@H](CCCN=C(N)N)NC(=O)CNC)C(C)C)C(=O)N[C@@H](Cc1cnc[nH]1)C(=O)N1CCC[C@H]1C(=O)N[C@@H](CCO)C(=O)O. The summed E-state index contributed by atoms with van der Waals surface area (Å²) >= 11 is 0. The molecule has 8 atom stereocenters. The van der Waals surface area contributed by atoms with Gasteiger partial charge < -0.3 is 73.5 Å². The molecule has 1 saturated heterocycles. The van der Waals surface area contributed by atoms with Gasteiger partial charge >= 0.3 is 5.97 Å². The predicted octanol–water partition coefficient (Wildman–Crippen LogP) is -2.45. The number of nitrogens with two attached hydrogens (primary N) is 2. The van der Waals surface area contributed by atoms with Crippen molar-refractivity contribution in [3.63, 3.8) is 0 Å². The Morgan fingerprint density at radius 2 is 1.51 bits per heavy atom. The summed E-state index contributed by atoms with van der Waals surface area (Å²) in [6, 6.07) is -1.81. The van der Waals surface area contributed by atoms with Gasteiger partial charge in [-0.3, -0.25) is 38.6 Å². The van der Waals surface area contributed by atoms with Crippen LogP contribution < -0.4 is 53.4 Å². The van der Waals surface area contributed by atoms with Gasteiger partial charge in [0.25, 0.3) is 0 Å². The van der Waals surface area contributed by atoms with Crippen LogP contribution in [0.25, 0.3) is 0 Å². The monoisotopic (exact) mass is 970 g/mol. The van der Waals surface area contributed by atoms with Crippen LogP contribution in [0.1, 0.15) is 77.5 Å². The molecule has 2 heterocycles. The van der Waals surface area contributed by atoms with Crippen molar-refractivity contribution in [2.24, 2.45) is 28.3 Å². The summed E-state index contributed by atoms with van der Waals surface area (Å²) in [5, 5.41) is 37.8. The van der Waals surface area contributed by atoms with Crippen LogP contribution in [-0.2, 0) is 51.2 Å². The first-order valence-electron chi connectivity index (χ1n) is 23.1. The van der Waals surface area contributed by atoms with Gasteiger partial charge in [0.2, 0.25) is 41.4 Å². The van der Waals surface area contributed by atoms with E-state index in [4.69, 9.17) is 16.2 Å². The normalized spacial score (nSPS) is 16.3. The number of amides is 7. The van der Waals surface area contributed by atoms with E-state index in [1.54, 1.807) is 59.0 Å². The first kappa shape index (κ1) is 56.5. The molecule has 7 amide bonds. The number of hydrogen-bond donors (Lipinski definition) is 12. The van der Waals surface area contributed by atoms with Crippen molar-refractivity contribution in [2.75, 3.05) is 40.4 Å². The number of carbonyl (C=O) groups is 8. The fourth-order valence-corrected chi connectivity index (χ4v) is 7.63. The summed E-state index contributed by atoms with van der Waals surface area (Å²) in [4.78, 5) is 121. The number of ether oxygens (including phenoxy) is 1. The van der Waals surface area contributed by atoms with Crippen molar-refractivity contribution in [1.29, 1.82) is 0 Å². The van der Waals surface area contributed by atoms with Gasteiger partial charge in [-0.05, 0) is 62.3 Å². The maximum Gasteiger partial charge on any atom is 0.326 e. The standard InChI is InChI=1S/C45H71N13O11/c1-7-26(4)37(42(65)55-33(21-28-22-49-24-51-28)43(66)58-18-9-11-34(58)40(63)53-31(16-19-59)44(67)68)57-39(62)32(20-27-12-14-29(69-6)15-13-27)54-41(64)36(25(2)3)56-38(61)30(52-35(60)23-48-5)10-8-17-50-45(46)47/h12-15,22,24-26,30-34,36-37,48,59H,7-11,16-21,23H2,1-6H3,(H,49,51)(H,52,60)(H,53,63)(H,54,64)(H,55,65)(H,56,61)(H,57,62)(H,67,68)(H4,46,47,50)/t26-,30-,31-,32-,33-,34-,36-,37-/m0/s1. The minimum Gasteiger partial charge on any atom is -0.497 e. The molecule has 24 heteroatoms. The number of H-pyrrole nitrogens is 1. The van der Waals surface area contributed by atoms with Crippen molar-refractivity contribution in [3.8, 4) is 5.75 Å². The van der Waals surface area contributed by atoms with Gasteiger partial charge in [-0.1, -0.05) is 46.2 Å². The van der Waals surface area contributed by atoms with Crippen LogP contribution in [0.3, 0.4) is 0 Å². The third-order valence-corrected chi connectivity index (χ3v) is 11.7. The molecule has 1 fully saturated rings. The Hall–Kier alpha value is -6.82. The number of carboxylic acid groups (broad SMARTS) is 1. The molecule has 0 radical (unpaired) electrons. The van der Waals surface area contributed by atoms with E-state index in [1.807, 2.05) is 0 Å². The number of aliphatic imine (C=N–C) groups is 1. The quantitative estimate of drug-likeness (QED) is 0.0229. The molecule has 69 heavy (non-hydrogen) atoms. The number of guanidine groups is 1. The maximum absolute atomic E-state index is 14.5. The van der Waals surface area contributed by atoms with Gasteiger partial charge in [0, 0.05) is 50.8 Å². The molecule has 0 unspecified atom stereocenters. The van der Waals surface area contributed by atoms with E-state index in [0.29, 0.717) is 36.3 Å². The molecule has 1 aliphatic rings. The summed E-state index contributed by atoms with van der Waals surface area (Å²) in [5.74, 6) is -6.68. The average Bonchev–Trinajstić information content (AvgIpc) is 4.03. The number of likely N-dealkylation sites (N-methyl/N-ethyl adjacent to an activating group) is 1. The average molecular weight is 970 g/mol. The Morgan fingerprint density at radius 3 is 2.09 bits per heavy atom. The molecule has 382 valence electrons. The largest absolute Gasteiger partial charge is 0.497 e. The summed E-state index contributed by atoms with van der Waals surface area (Å²) in [5.41, 5.74) is 12.0. The molecular formula is C45H71N13O11. The summed E-state index contributed by atoms with van der Waals surface area (Å²) in [6.45, 7) is 6.67. The zero-order chi connectivity index (χ0) is 51.2. The number of aliphatic hydroxyl groups excluding tert-OH is 1. The van der Waals surface area contributed by atoms with E-state index in [9.17, 15) is 48.6 Å². The number of rotatable bonds is 29. The van der Waals surface area contributed by atoms with Gasteiger partial charge in [0.1, 0.15) is 48.0 Å². The zero-order valence-electron chi connectivity index (χ0n) is 40.2. The van der Waals surface area contributed by atoms with Gasteiger partial charge in [-0.25, -0.2) is 9.78 Å². The first-order chi connectivity index (χ1) is 32.8. The molecule has 14 N–H and O–H groups in total. The van der Waals surface area contributed by atoms with Crippen molar-refractivity contribution >= 4 is 53.3 Å². The number of benzene rings is 1. The lowest BCUT2D eigenvalue weighted by Crippen LogP contribution is -2.62. The molecule has 1 aromatic carbocycles. The van der Waals surface area contributed by atoms with E-state index in [2.05, 4.69) is 52.2 Å². The molecular weight excluding hydrogens is 899 g/mol. The predicted molar refractivity (Wildman–Crippen MR) is 253 cm³/mol. The lowest BCUT2D eigenvalue weighted by atomic mass is 9.96. The molecule has 1 aliphatic heterocycles. The van der Waals surface area contributed by atoms with Crippen molar-refractivity contribution in [3.05, 3.63) is 48.0 Å². The molecule has 24 nitrogen and oxygen atoms in total. The number of methoxy groups -OCH3 is 1. The van der Waals surface area contributed by atoms with Crippen LogP contribution >= 0.6 is 0 Å². The molecule has 3 rings (SSSR count). The molecule has 2 aromatic rings. The lowest BCUT2D eigenvalue weighted by molar-refractivity contribution is -0.145. The lowest BCUT2D eigenvalue weighted by Gasteiger charge is -2.32. The second-order valence-corrected chi connectivity index (χ2v) is 17.3.